The molecule has 112 valence electrons. The zero-order valence-electron chi connectivity index (χ0n) is 13.0. The van der Waals surface area contributed by atoms with Gasteiger partial charge < -0.3 is 9.84 Å². The molecule has 0 saturated heterocycles. The van der Waals surface area contributed by atoms with Gasteiger partial charge in [0.05, 0.1) is 13.2 Å². The summed E-state index contributed by atoms with van der Waals surface area (Å²) < 4.78 is 5.65. The van der Waals surface area contributed by atoms with E-state index in [-0.39, 0.29) is 18.1 Å². The van der Waals surface area contributed by atoms with E-state index in [0.29, 0.717) is 6.61 Å². The summed E-state index contributed by atoms with van der Waals surface area (Å²) in [6, 6.07) is 7.78. The van der Waals surface area contributed by atoms with Crippen molar-refractivity contribution in [2.75, 3.05) is 13.2 Å². The van der Waals surface area contributed by atoms with Gasteiger partial charge in [0.25, 0.3) is 0 Å². The third kappa shape index (κ3) is 4.23. The Morgan fingerprint density at radius 3 is 2.45 bits per heavy atom. The van der Waals surface area contributed by atoms with Gasteiger partial charge >= 0.3 is 5.97 Å². The predicted octanol–water partition coefficient (Wildman–Crippen LogP) is 3.33. The molecule has 0 heterocycles. The first-order chi connectivity index (χ1) is 9.27. The zero-order chi connectivity index (χ0) is 15.3. The van der Waals surface area contributed by atoms with Crippen LogP contribution in [-0.2, 0) is 4.79 Å². The van der Waals surface area contributed by atoms with E-state index in [1.54, 1.807) is 0 Å². The van der Waals surface area contributed by atoms with Crippen LogP contribution in [0.1, 0.15) is 46.2 Å². The van der Waals surface area contributed by atoms with Crippen molar-refractivity contribution >= 4 is 5.97 Å². The van der Waals surface area contributed by atoms with Crippen LogP contribution in [0.25, 0.3) is 0 Å². The molecule has 0 aliphatic heterocycles. The van der Waals surface area contributed by atoms with Crippen LogP contribution in [0.15, 0.2) is 24.3 Å². The van der Waals surface area contributed by atoms with Crippen LogP contribution in [0.3, 0.4) is 0 Å². The molecule has 1 aromatic rings. The highest BCUT2D eigenvalue weighted by Gasteiger charge is 2.30. The standard InChI is InChI=1S/C16H25NO3/c1-6-20-14-10-8-7-9-13(14)12(2)17(11-15(18)19)16(3,4)5/h7-10,12H,6,11H2,1-5H3,(H,18,19). The van der Waals surface area contributed by atoms with Crippen LogP contribution in [-0.4, -0.2) is 34.7 Å². The van der Waals surface area contributed by atoms with Crippen molar-refractivity contribution in [3.05, 3.63) is 29.8 Å². The third-order valence-corrected chi connectivity index (χ3v) is 3.30. The summed E-state index contributed by atoms with van der Waals surface area (Å²) in [6.07, 6.45) is 0. The Morgan fingerprint density at radius 2 is 1.95 bits per heavy atom. The molecule has 1 rings (SSSR count). The Hall–Kier alpha value is -1.55. The van der Waals surface area contributed by atoms with Gasteiger partial charge in [0.2, 0.25) is 0 Å². The Morgan fingerprint density at radius 1 is 1.35 bits per heavy atom. The van der Waals surface area contributed by atoms with Gasteiger partial charge in [-0.1, -0.05) is 18.2 Å². The van der Waals surface area contributed by atoms with Crippen molar-refractivity contribution in [3.63, 3.8) is 0 Å². The fourth-order valence-corrected chi connectivity index (χ4v) is 2.38. The normalized spacial score (nSPS) is 13.3. The molecule has 0 saturated carbocycles. The van der Waals surface area contributed by atoms with Crippen molar-refractivity contribution in [1.29, 1.82) is 0 Å². The minimum Gasteiger partial charge on any atom is -0.494 e. The van der Waals surface area contributed by atoms with E-state index in [1.807, 2.05) is 63.8 Å². The van der Waals surface area contributed by atoms with Gasteiger partial charge in [-0.3, -0.25) is 9.69 Å². The van der Waals surface area contributed by atoms with Gasteiger partial charge in [-0.2, -0.15) is 0 Å². The number of para-hydroxylation sites is 1. The summed E-state index contributed by atoms with van der Waals surface area (Å²) in [5, 5.41) is 9.14. The van der Waals surface area contributed by atoms with Gasteiger partial charge in [-0.25, -0.2) is 0 Å². The summed E-state index contributed by atoms with van der Waals surface area (Å²) in [6.45, 7) is 10.6. The largest absolute Gasteiger partial charge is 0.494 e. The molecule has 0 aliphatic rings. The highest BCUT2D eigenvalue weighted by atomic mass is 16.5. The SMILES string of the molecule is CCOc1ccccc1C(C)N(CC(=O)O)C(C)(C)C. The lowest BCUT2D eigenvalue weighted by Gasteiger charge is -2.39. The molecule has 4 nitrogen and oxygen atoms in total. The Balaban J connectivity index is 3.11. The van der Waals surface area contributed by atoms with Crippen LogP contribution in [0.4, 0.5) is 0 Å². The number of carbonyl (C=O) groups is 1. The molecule has 0 bridgehead atoms. The van der Waals surface area contributed by atoms with E-state index in [4.69, 9.17) is 9.84 Å². The van der Waals surface area contributed by atoms with E-state index < -0.39 is 5.97 Å². The number of carboxylic acids is 1. The van der Waals surface area contributed by atoms with Crippen molar-refractivity contribution in [2.24, 2.45) is 0 Å². The molecule has 1 aromatic carbocycles. The quantitative estimate of drug-likeness (QED) is 0.867. The van der Waals surface area contributed by atoms with Crippen LogP contribution < -0.4 is 4.74 Å². The van der Waals surface area contributed by atoms with Crippen molar-refractivity contribution in [2.45, 2.75) is 46.2 Å². The third-order valence-electron chi connectivity index (χ3n) is 3.30. The minimum atomic E-state index is -0.819. The second-order valence-corrected chi connectivity index (χ2v) is 5.84. The molecule has 0 fully saturated rings. The topological polar surface area (TPSA) is 49.8 Å². The molecule has 20 heavy (non-hydrogen) atoms. The second kappa shape index (κ2) is 6.75. The summed E-state index contributed by atoms with van der Waals surface area (Å²) in [7, 11) is 0. The lowest BCUT2D eigenvalue weighted by Crippen LogP contribution is -2.45. The number of aliphatic carboxylic acids is 1. The van der Waals surface area contributed by atoms with Gasteiger partial charge in [-0.05, 0) is 40.7 Å². The smallest absolute Gasteiger partial charge is 0.317 e. The molecular formula is C16H25NO3. The van der Waals surface area contributed by atoms with Crippen LogP contribution in [0, 0.1) is 0 Å². The fraction of sp³-hybridized carbons (Fsp3) is 0.562. The average molecular weight is 279 g/mol. The van der Waals surface area contributed by atoms with E-state index in [2.05, 4.69) is 0 Å². The molecule has 1 N–H and O–H groups in total. The van der Waals surface area contributed by atoms with Gasteiger partial charge in [0, 0.05) is 17.1 Å². The summed E-state index contributed by atoms with van der Waals surface area (Å²) in [4.78, 5) is 13.1. The molecule has 0 spiro atoms. The molecule has 0 amide bonds. The molecule has 0 radical (unpaired) electrons. The first-order valence-electron chi connectivity index (χ1n) is 6.97. The number of ether oxygens (including phenoxy) is 1. The second-order valence-electron chi connectivity index (χ2n) is 5.84. The zero-order valence-corrected chi connectivity index (χ0v) is 13.0. The molecular weight excluding hydrogens is 254 g/mol. The molecule has 1 unspecified atom stereocenters. The van der Waals surface area contributed by atoms with Crippen LogP contribution in [0.5, 0.6) is 5.75 Å². The molecule has 1 atom stereocenters. The van der Waals surface area contributed by atoms with Gasteiger partial charge in [0.1, 0.15) is 5.75 Å². The fourth-order valence-electron chi connectivity index (χ4n) is 2.38. The highest BCUT2D eigenvalue weighted by Crippen LogP contribution is 2.33. The predicted molar refractivity (Wildman–Crippen MR) is 80.1 cm³/mol. The lowest BCUT2D eigenvalue weighted by molar-refractivity contribution is -0.140. The van der Waals surface area contributed by atoms with E-state index >= 15 is 0 Å². The molecule has 0 aromatic heterocycles. The van der Waals surface area contributed by atoms with Crippen molar-refractivity contribution in [1.82, 2.24) is 4.90 Å². The Labute approximate surface area is 121 Å². The monoisotopic (exact) mass is 279 g/mol. The van der Waals surface area contributed by atoms with Gasteiger partial charge in [-0.15, -0.1) is 0 Å². The van der Waals surface area contributed by atoms with Crippen LogP contribution >= 0.6 is 0 Å². The maximum atomic E-state index is 11.1. The lowest BCUT2D eigenvalue weighted by atomic mass is 9.98. The summed E-state index contributed by atoms with van der Waals surface area (Å²) in [5.74, 6) is 0.00260. The van der Waals surface area contributed by atoms with Crippen molar-refractivity contribution < 1.29 is 14.6 Å². The number of benzene rings is 1. The average Bonchev–Trinajstić information content (AvgIpc) is 2.35. The Kier molecular flexibility index (Phi) is 5.57. The summed E-state index contributed by atoms with van der Waals surface area (Å²) in [5.41, 5.74) is 0.780. The van der Waals surface area contributed by atoms with Crippen LogP contribution in [0.2, 0.25) is 0 Å². The van der Waals surface area contributed by atoms with Crippen molar-refractivity contribution in [3.8, 4) is 5.75 Å². The minimum absolute atomic E-state index is 0.00509. The van der Waals surface area contributed by atoms with Gasteiger partial charge in [0.15, 0.2) is 0 Å². The number of nitrogens with zero attached hydrogens (tertiary/aromatic N) is 1. The first-order valence-corrected chi connectivity index (χ1v) is 6.97. The van der Waals surface area contributed by atoms with E-state index in [1.165, 1.54) is 0 Å². The van der Waals surface area contributed by atoms with E-state index in [9.17, 15) is 4.79 Å². The number of carboxylic acid groups (broad SMARTS) is 1. The maximum Gasteiger partial charge on any atom is 0.317 e. The highest BCUT2D eigenvalue weighted by molar-refractivity contribution is 5.69. The summed E-state index contributed by atoms with van der Waals surface area (Å²) >= 11 is 0. The first kappa shape index (κ1) is 16.5. The maximum absolute atomic E-state index is 11.1. The molecule has 4 heteroatoms. The number of hydrogen-bond donors (Lipinski definition) is 1. The number of hydrogen-bond acceptors (Lipinski definition) is 3. The number of rotatable bonds is 6. The van der Waals surface area contributed by atoms with E-state index in [0.717, 1.165) is 11.3 Å². The Bertz CT molecular complexity index is 451. The molecule has 0 aliphatic carbocycles.